The highest BCUT2D eigenvalue weighted by molar-refractivity contribution is 9.10. The van der Waals surface area contributed by atoms with E-state index < -0.39 is 0 Å². The summed E-state index contributed by atoms with van der Waals surface area (Å²) >= 11 is 3.38. The number of hydrogen-bond acceptors (Lipinski definition) is 2. The number of carbonyl (C=O) groups is 2. The van der Waals surface area contributed by atoms with E-state index in [0.717, 1.165) is 15.8 Å². The van der Waals surface area contributed by atoms with Crippen molar-refractivity contribution in [3.8, 4) is 0 Å². The quantitative estimate of drug-likeness (QED) is 0.841. The fourth-order valence-electron chi connectivity index (χ4n) is 2.83. The van der Waals surface area contributed by atoms with Crippen molar-refractivity contribution in [2.45, 2.75) is 13.3 Å². The molecule has 2 aromatic rings. The van der Waals surface area contributed by atoms with Gasteiger partial charge in [0, 0.05) is 22.4 Å². The van der Waals surface area contributed by atoms with Crippen LogP contribution in [0.4, 0.5) is 11.4 Å². The second-order valence-electron chi connectivity index (χ2n) is 5.87. The SMILES string of the molecule is CCN(C(=O)C1CC1C(=O)Nc1cccc(Br)c1)c1ccccc1. The average Bonchev–Trinajstić information content (AvgIpc) is 3.37. The zero-order valence-electron chi connectivity index (χ0n) is 13.4. The minimum absolute atomic E-state index is 0.0260. The van der Waals surface area contributed by atoms with E-state index in [1.54, 1.807) is 4.90 Å². The molecule has 1 saturated carbocycles. The van der Waals surface area contributed by atoms with Crippen molar-refractivity contribution in [3.63, 3.8) is 0 Å². The molecule has 0 heterocycles. The molecule has 0 spiro atoms. The van der Waals surface area contributed by atoms with Gasteiger partial charge in [0.1, 0.15) is 0 Å². The first-order valence-corrected chi connectivity index (χ1v) is 8.82. The minimum atomic E-state index is -0.241. The molecule has 5 heteroatoms. The van der Waals surface area contributed by atoms with Crippen LogP contribution >= 0.6 is 15.9 Å². The van der Waals surface area contributed by atoms with E-state index in [1.807, 2.05) is 61.5 Å². The molecule has 1 N–H and O–H groups in total. The van der Waals surface area contributed by atoms with Gasteiger partial charge in [0.2, 0.25) is 11.8 Å². The third-order valence-electron chi connectivity index (χ3n) is 4.19. The van der Waals surface area contributed by atoms with Gasteiger partial charge in [0.25, 0.3) is 0 Å². The molecule has 2 unspecified atom stereocenters. The van der Waals surface area contributed by atoms with Gasteiger partial charge in [0.05, 0.1) is 11.8 Å². The average molecular weight is 387 g/mol. The molecular formula is C19H19BrN2O2. The molecule has 2 aromatic carbocycles. The van der Waals surface area contributed by atoms with E-state index in [-0.39, 0.29) is 23.7 Å². The molecule has 24 heavy (non-hydrogen) atoms. The lowest BCUT2D eigenvalue weighted by Crippen LogP contribution is -2.33. The summed E-state index contributed by atoms with van der Waals surface area (Å²) in [5.41, 5.74) is 1.62. The van der Waals surface area contributed by atoms with Gasteiger partial charge < -0.3 is 10.2 Å². The van der Waals surface area contributed by atoms with Crippen LogP contribution in [-0.4, -0.2) is 18.4 Å². The van der Waals surface area contributed by atoms with Crippen LogP contribution in [0.2, 0.25) is 0 Å². The number of hydrogen-bond donors (Lipinski definition) is 1. The summed E-state index contributed by atoms with van der Waals surface area (Å²) in [6, 6.07) is 17.0. The predicted octanol–water partition coefficient (Wildman–Crippen LogP) is 4.08. The molecular weight excluding hydrogens is 368 g/mol. The Morgan fingerprint density at radius 1 is 1.12 bits per heavy atom. The summed E-state index contributed by atoms with van der Waals surface area (Å²) in [6.07, 6.45) is 0.613. The van der Waals surface area contributed by atoms with E-state index in [1.165, 1.54) is 0 Å². The molecule has 3 rings (SSSR count). The number of anilines is 2. The maximum atomic E-state index is 12.7. The van der Waals surface area contributed by atoms with Crippen molar-refractivity contribution in [1.82, 2.24) is 0 Å². The molecule has 2 amide bonds. The molecule has 0 bridgehead atoms. The Morgan fingerprint density at radius 2 is 1.88 bits per heavy atom. The van der Waals surface area contributed by atoms with Crippen LogP contribution in [0.15, 0.2) is 59.1 Å². The van der Waals surface area contributed by atoms with Crippen LogP contribution in [0.3, 0.4) is 0 Å². The van der Waals surface area contributed by atoms with Crippen LogP contribution in [-0.2, 0) is 9.59 Å². The molecule has 4 nitrogen and oxygen atoms in total. The number of benzene rings is 2. The highest BCUT2D eigenvalue weighted by Crippen LogP contribution is 2.41. The summed E-state index contributed by atoms with van der Waals surface area (Å²) in [6.45, 7) is 2.54. The molecule has 0 saturated heterocycles. The van der Waals surface area contributed by atoms with Crippen molar-refractivity contribution in [2.24, 2.45) is 11.8 Å². The molecule has 0 radical (unpaired) electrons. The van der Waals surface area contributed by atoms with Gasteiger partial charge in [-0.15, -0.1) is 0 Å². The predicted molar refractivity (Wildman–Crippen MR) is 98.8 cm³/mol. The summed E-state index contributed by atoms with van der Waals surface area (Å²) < 4.78 is 0.907. The maximum absolute atomic E-state index is 12.7. The van der Waals surface area contributed by atoms with Crippen molar-refractivity contribution in [3.05, 3.63) is 59.1 Å². The normalized spacial score (nSPS) is 18.8. The number of halogens is 1. The highest BCUT2D eigenvalue weighted by atomic mass is 79.9. The van der Waals surface area contributed by atoms with E-state index >= 15 is 0 Å². The molecule has 1 fully saturated rings. The molecule has 124 valence electrons. The Kier molecular flexibility index (Phi) is 5.00. The molecule has 0 aromatic heterocycles. The van der Waals surface area contributed by atoms with Crippen LogP contribution < -0.4 is 10.2 Å². The van der Waals surface area contributed by atoms with Crippen LogP contribution in [0.1, 0.15) is 13.3 Å². The summed E-state index contributed by atoms with van der Waals surface area (Å²) in [5.74, 6) is -0.528. The number of amides is 2. The van der Waals surface area contributed by atoms with Crippen LogP contribution in [0, 0.1) is 11.8 Å². The van der Waals surface area contributed by atoms with E-state index in [4.69, 9.17) is 0 Å². The Morgan fingerprint density at radius 3 is 2.54 bits per heavy atom. The van der Waals surface area contributed by atoms with Crippen molar-refractivity contribution in [1.29, 1.82) is 0 Å². The third kappa shape index (κ3) is 3.67. The number of para-hydroxylation sites is 1. The maximum Gasteiger partial charge on any atom is 0.230 e. The Hall–Kier alpha value is -2.14. The van der Waals surface area contributed by atoms with E-state index in [0.29, 0.717) is 13.0 Å². The van der Waals surface area contributed by atoms with Gasteiger partial charge >= 0.3 is 0 Å². The fraction of sp³-hybridized carbons (Fsp3) is 0.263. The standard InChI is InChI=1S/C19H19BrN2O2/c1-2-22(15-9-4-3-5-10-15)19(24)17-12-16(17)18(23)21-14-8-6-7-13(20)11-14/h3-11,16-17H,2,12H2,1H3,(H,21,23). The van der Waals surface area contributed by atoms with Crippen molar-refractivity contribution < 1.29 is 9.59 Å². The van der Waals surface area contributed by atoms with Crippen LogP contribution in [0.5, 0.6) is 0 Å². The van der Waals surface area contributed by atoms with Gasteiger partial charge in [0.15, 0.2) is 0 Å². The lowest BCUT2D eigenvalue weighted by atomic mass is 10.2. The number of nitrogens with zero attached hydrogens (tertiary/aromatic N) is 1. The molecule has 1 aliphatic carbocycles. The van der Waals surface area contributed by atoms with Gasteiger partial charge in [-0.3, -0.25) is 9.59 Å². The second kappa shape index (κ2) is 7.18. The van der Waals surface area contributed by atoms with Crippen molar-refractivity contribution >= 4 is 39.1 Å². The van der Waals surface area contributed by atoms with E-state index in [9.17, 15) is 9.59 Å². The summed E-state index contributed by atoms with van der Waals surface area (Å²) in [7, 11) is 0. The lowest BCUT2D eigenvalue weighted by molar-refractivity contribution is -0.123. The monoisotopic (exact) mass is 386 g/mol. The largest absolute Gasteiger partial charge is 0.326 e. The second-order valence-corrected chi connectivity index (χ2v) is 6.78. The Labute approximate surface area is 150 Å². The number of rotatable bonds is 5. The van der Waals surface area contributed by atoms with Crippen molar-refractivity contribution in [2.75, 3.05) is 16.8 Å². The minimum Gasteiger partial charge on any atom is -0.326 e. The number of nitrogens with one attached hydrogen (secondary N) is 1. The first-order valence-electron chi connectivity index (χ1n) is 8.03. The zero-order chi connectivity index (χ0) is 17.1. The van der Waals surface area contributed by atoms with Crippen LogP contribution in [0.25, 0.3) is 0 Å². The van der Waals surface area contributed by atoms with Gasteiger partial charge in [-0.05, 0) is 43.7 Å². The molecule has 1 aliphatic rings. The molecule has 0 aliphatic heterocycles. The Bertz CT molecular complexity index is 748. The highest BCUT2D eigenvalue weighted by Gasteiger charge is 2.49. The fourth-order valence-corrected chi connectivity index (χ4v) is 3.23. The Balaban J connectivity index is 1.63. The molecule has 2 atom stereocenters. The smallest absolute Gasteiger partial charge is 0.230 e. The summed E-state index contributed by atoms with van der Waals surface area (Å²) in [4.78, 5) is 26.8. The zero-order valence-corrected chi connectivity index (χ0v) is 15.0. The number of carbonyl (C=O) groups excluding carboxylic acids is 2. The third-order valence-corrected chi connectivity index (χ3v) is 4.68. The summed E-state index contributed by atoms with van der Waals surface area (Å²) in [5, 5.41) is 2.89. The topological polar surface area (TPSA) is 49.4 Å². The first-order chi connectivity index (χ1) is 11.6. The van der Waals surface area contributed by atoms with Gasteiger partial charge in [-0.25, -0.2) is 0 Å². The van der Waals surface area contributed by atoms with Gasteiger partial charge in [-0.2, -0.15) is 0 Å². The first kappa shape index (κ1) is 16.7. The van der Waals surface area contributed by atoms with Gasteiger partial charge in [-0.1, -0.05) is 40.2 Å². The van der Waals surface area contributed by atoms with E-state index in [2.05, 4.69) is 21.2 Å². The lowest BCUT2D eigenvalue weighted by Gasteiger charge is -2.21.